The van der Waals surface area contributed by atoms with Crippen LogP contribution in [-0.4, -0.2) is 55.0 Å². The van der Waals surface area contributed by atoms with Crippen molar-refractivity contribution in [3.05, 3.63) is 35.1 Å². The lowest BCUT2D eigenvalue weighted by Gasteiger charge is -2.20. The van der Waals surface area contributed by atoms with Gasteiger partial charge in [0.2, 0.25) is 11.8 Å². The maximum Gasteiger partial charge on any atom is 0.234 e. The van der Waals surface area contributed by atoms with Crippen molar-refractivity contribution < 1.29 is 27.5 Å². The fourth-order valence-corrected chi connectivity index (χ4v) is 3.35. The van der Waals surface area contributed by atoms with Crippen molar-refractivity contribution in [2.24, 2.45) is 11.8 Å². The normalized spacial score (nSPS) is 24.1. The first-order valence-electron chi connectivity index (χ1n) is 7.62. The Balaban J connectivity index is 1.69. The average molecular weight is 342 g/mol. The number of ether oxygens (including phenoxy) is 1. The van der Waals surface area contributed by atoms with Crippen molar-refractivity contribution in [1.82, 2.24) is 9.80 Å². The van der Waals surface area contributed by atoms with E-state index >= 15 is 0 Å². The standard InChI is InChI=1S/C16H17F3N2O3/c1-24-3-2-21-15(22)10-7-20(8-11(10)16(21)23)6-9-4-13(18)14(19)5-12(9)17/h4-5,10-11H,2-3,6-8H2,1H3/t10-,11+. The second kappa shape index (κ2) is 6.52. The van der Waals surface area contributed by atoms with Gasteiger partial charge < -0.3 is 4.74 Å². The molecule has 24 heavy (non-hydrogen) atoms. The van der Waals surface area contributed by atoms with E-state index in [9.17, 15) is 22.8 Å². The van der Waals surface area contributed by atoms with Gasteiger partial charge in [-0.05, 0) is 6.07 Å². The molecule has 2 fully saturated rings. The number of benzene rings is 1. The zero-order valence-electron chi connectivity index (χ0n) is 13.1. The molecule has 0 aromatic heterocycles. The molecule has 2 saturated heterocycles. The third kappa shape index (κ3) is 2.91. The molecular weight excluding hydrogens is 325 g/mol. The van der Waals surface area contributed by atoms with Gasteiger partial charge in [-0.1, -0.05) is 0 Å². The lowest BCUT2D eigenvalue weighted by atomic mass is 10.00. The quantitative estimate of drug-likeness (QED) is 0.595. The number of hydrogen-bond donors (Lipinski definition) is 0. The Morgan fingerprint density at radius 3 is 2.21 bits per heavy atom. The van der Waals surface area contributed by atoms with Crippen LogP contribution in [0.4, 0.5) is 13.2 Å². The molecule has 2 aliphatic rings. The van der Waals surface area contributed by atoms with Crippen LogP contribution in [0.25, 0.3) is 0 Å². The van der Waals surface area contributed by atoms with Gasteiger partial charge in [-0.25, -0.2) is 13.2 Å². The van der Waals surface area contributed by atoms with Crippen molar-refractivity contribution in [2.75, 3.05) is 33.4 Å². The first-order valence-corrected chi connectivity index (χ1v) is 7.62. The number of carbonyl (C=O) groups excluding carboxylic acids is 2. The highest BCUT2D eigenvalue weighted by molar-refractivity contribution is 6.05. The number of rotatable bonds is 5. The van der Waals surface area contributed by atoms with E-state index in [-0.39, 0.29) is 50.2 Å². The largest absolute Gasteiger partial charge is 0.383 e. The Morgan fingerprint density at radius 1 is 1.04 bits per heavy atom. The molecular formula is C16H17F3N2O3. The van der Waals surface area contributed by atoms with Crippen LogP contribution in [0.2, 0.25) is 0 Å². The van der Waals surface area contributed by atoms with Gasteiger partial charge >= 0.3 is 0 Å². The molecule has 8 heteroatoms. The number of amides is 2. The van der Waals surface area contributed by atoms with Crippen LogP contribution in [0.3, 0.4) is 0 Å². The Kier molecular flexibility index (Phi) is 4.60. The average Bonchev–Trinajstić information content (AvgIpc) is 3.04. The zero-order valence-corrected chi connectivity index (χ0v) is 13.1. The smallest absolute Gasteiger partial charge is 0.234 e. The number of halogens is 3. The predicted molar refractivity (Wildman–Crippen MR) is 77.2 cm³/mol. The summed E-state index contributed by atoms with van der Waals surface area (Å²) in [5.74, 6) is -4.65. The molecule has 0 saturated carbocycles. The summed E-state index contributed by atoms with van der Waals surface area (Å²) in [7, 11) is 1.49. The number of imide groups is 1. The molecule has 1 aromatic carbocycles. The summed E-state index contributed by atoms with van der Waals surface area (Å²) >= 11 is 0. The molecule has 2 aliphatic heterocycles. The molecule has 0 spiro atoms. The minimum atomic E-state index is -1.24. The van der Waals surface area contributed by atoms with Crippen molar-refractivity contribution in [3.8, 4) is 0 Å². The second-order valence-corrected chi connectivity index (χ2v) is 6.09. The van der Waals surface area contributed by atoms with E-state index in [0.717, 1.165) is 6.07 Å². The minimum absolute atomic E-state index is 0.00464. The van der Waals surface area contributed by atoms with Crippen molar-refractivity contribution >= 4 is 11.8 Å². The van der Waals surface area contributed by atoms with E-state index in [0.29, 0.717) is 6.07 Å². The zero-order chi connectivity index (χ0) is 17.4. The van der Waals surface area contributed by atoms with Crippen LogP contribution < -0.4 is 0 Å². The fraction of sp³-hybridized carbons (Fsp3) is 0.500. The van der Waals surface area contributed by atoms with Gasteiger partial charge in [0.15, 0.2) is 11.6 Å². The summed E-state index contributed by atoms with van der Waals surface area (Å²) in [6.45, 7) is 1.10. The third-order valence-electron chi connectivity index (χ3n) is 4.56. The second-order valence-electron chi connectivity index (χ2n) is 6.09. The molecule has 1 aromatic rings. The number of hydrogen-bond acceptors (Lipinski definition) is 4. The molecule has 0 N–H and O–H groups in total. The van der Waals surface area contributed by atoms with E-state index in [1.54, 1.807) is 4.90 Å². The van der Waals surface area contributed by atoms with E-state index < -0.39 is 29.3 Å². The van der Waals surface area contributed by atoms with Crippen LogP contribution in [0.5, 0.6) is 0 Å². The van der Waals surface area contributed by atoms with Crippen molar-refractivity contribution in [3.63, 3.8) is 0 Å². The Hall–Kier alpha value is -1.93. The minimum Gasteiger partial charge on any atom is -0.383 e. The number of methoxy groups -OCH3 is 1. The summed E-state index contributed by atoms with van der Waals surface area (Å²) < 4.78 is 44.9. The van der Waals surface area contributed by atoms with Crippen LogP contribution >= 0.6 is 0 Å². The van der Waals surface area contributed by atoms with Crippen LogP contribution in [0, 0.1) is 29.3 Å². The number of carbonyl (C=O) groups is 2. The van der Waals surface area contributed by atoms with Gasteiger partial charge in [-0.15, -0.1) is 0 Å². The molecule has 2 heterocycles. The lowest BCUT2D eigenvalue weighted by molar-refractivity contribution is -0.141. The van der Waals surface area contributed by atoms with E-state index in [1.807, 2.05) is 0 Å². The third-order valence-corrected chi connectivity index (χ3v) is 4.56. The maximum absolute atomic E-state index is 13.7. The maximum atomic E-state index is 13.7. The van der Waals surface area contributed by atoms with Gasteiger partial charge in [0.05, 0.1) is 25.0 Å². The number of nitrogens with zero attached hydrogens (tertiary/aromatic N) is 2. The Bertz CT molecular complexity index is 659. The molecule has 130 valence electrons. The first-order chi connectivity index (χ1) is 11.4. The fourth-order valence-electron chi connectivity index (χ4n) is 3.35. The van der Waals surface area contributed by atoms with Crippen molar-refractivity contribution in [2.45, 2.75) is 6.54 Å². The SMILES string of the molecule is COCCN1C(=O)[C@H]2CN(Cc3cc(F)c(F)cc3F)C[C@H]2C1=O. The summed E-state index contributed by atoms with van der Waals surface area (Å²) in [6, 6.07) is 1.32. The topological polar surface area (TPSA) is 49.9 Å². The molecule has 2 amide bonds. The molecule has 0 radical (unpaired) electrons. The van der Waals surface area contributed by atoms with Crippen LogP contribution in [0.15, 0.2) is 12.1 Å². The summed E-state index contributed by atoms with van der Waals surface area (Å²) in [4.78, 5) is 27.5. The monoisotopic (exact) mass is 342 g/mol. The molecule has 0 unspecified atom stereocenters. The number of fused-ring (bicyclic) bond motifs is 1. The molecule has 5 nitrogen and oxygen atoms in total. The van der Waals surface area contributed by atoms with Gasteiger partial charge in [0.25, 0.3) is 0 Å². The molecule has 3 rings (SSSR count). The first kappa shape index (κ1) is 16.9. The van der Waals surface area contributed by atoms with Gasteiger partial charge in [0, 0.05) is 38.4 Å². The Morgan fingerprint density at radius 2 is 1.62 bits per heavy atom. The van der Waals surface area contributed by atoms with Gasteiger partial charge in [-0.2, -0.15) is 0 Å². The van der Waals surface area contributed by atoms with Gasteiger partial charge in [-0.3, -0.25) is 19.4 Å². The lowest BCUT2D eigenvalue weighted by Crippen LogP contribution is -2.37. The van der Waals surface area contributed by atoms with E-state index in [4.69, 9.17) is 4.74 Å². The van der Waals surface area contributed by atoms with Crippen LogP contribution in [0.1, 0.15) is 5.56 Å². The highest BCUT2D eigenvalue weighted by atomic mass is 19.2. The van der Waals surface area contributed by atoms with E-state index in [1.165, 1.54) is 12.0 Å². The van der Waals surface area contributed by atoms with Crippen LogP contribution in [-0.2, 0) is 20.9 Å². The molecule has 2 atom stereocenters. The van der Waals surface area contributed by atoms with Crippen molar-refractivity contribution in [1.29, 1.82) is 0 Å². The van der Waals surface area contributed by atoms with Gasteiger partial charge in [0.1, 0.15) is 5.82 Å². The molecule has 0 aliphatic carbocycles. The predicted octanol–water partition coefficient (Wildman–Crippen LogP) is 1.17. The Labute approximate surface area is 137 Å². The summed E-state index contributed by atoms with van der Waals surface area (Å²) in [5.41, 5.74) is 0.00464. The number of likely N-dealkylation sites (tertiary alicyclic amines) is 2. The highest BCUT2D eigenvalue weighted by Crippen LogP contribution is 2.34. The van der Waals surface area contributed by atoms with E-state index in [2.05, 4.69) is 0 Å². The highest BCUT2D eigenvalue weighted by Gasteiger charge is 2.51. The summed E-state index contributed by atoms with van der Waals surface area (Å²) in [6.07, 6.45) is 0. The molecule has 0 bridgehead atoms. The summed E-state index contributed by atoms with van der Waals surface area (Å²) in [5, 5.41) is 0.